The zero-order valence-corrected chi connectivity index (χ0v) is 22.5. The first-order chi connectivity index (χ1) is 17.8. The third-order valence-electron chi connectivity index (χ3n) is 8.98. The van der Waals surface area contributed by atoms with E-state index in [0.717, 1.165) is 38.2 Å². The molecule has 0 radical (unpaired) electrons. The fourth-order valence-corrected chi connectivity index (χ4v) is 6.99. The van der Waals surface area contributed by atoms with Crippen molar-refractivity contribution in [3.05, 3.63) is 46.2 Å². The molecule has 2 aromatic rings. The summed E-state index contributed by atoms with van der Waals surface area (Å²) in [5.41, 5.74) is 3.97. The van der Waals surface area contributed by atoms with Gasteiger partial charge in [0.15, 0.2) is 0 Å². The van der Waals surface area contributed by atoms with Crippen LogP contribution in [0.4, 0.5) is 0 Å². The van der Waals surface area contributed by atoms with Crippen molar-refractivity contribution in [2.75, 3.05) is 46.0 Å². The highest BCUT2D eigenvalue weighted by Crippen LogP contribution is 2.54. The average molecular weight is 525 g/mol. The summed E-state index contributed by atoms with van der Waals surface area (Å²) in [6.07, 6.45) is 6.59. The van der Waals surface area contributed by atoms with Crippen molar-refractivity contribution in [2.45, 2.75) is 45.6 Å². The van der Waals surface area contributed by atoms with E-state index in [-0.39, 0.29) is 34.5 Å². The second-order valence-electron chi connectivity index (χ2n) is 12.0. The van der Waals surface area contributed by atoms with Gasteiger partial charge in [-0.15, -0.1) is 11.3 Å². The summed E-state index contributed by atoms with van der Waals surface area (Å²) >= 11 is 1.38. The predicted molar refractivity (Wildman–Crippen MR) is 139 cm³/mol. The van der Waals surface area contributed by atoms with E-state index in [4.69, 9.17) is 9.47 Å². The molecule has 5 heterocycles. The van der Waals surface area contributed by atoms with Gasteiger partial charge in [0.25, 0.3) is 5.91 Å². The van der Waals surface area contributed by atoms with E-state index in [1.54, 1.807) is 11.7 Å². The number of rotatable bonds is 7. The molecule has 2 aromatic heterocycles. The van der Waals surface area contributed by atoms with Crippen molar-refractivity contribution in [3.8, 4) is 0 Å². The molecule has 2 atom stereocenters. The van der Waals surface area contributed by atoms with Gasteiger partial charge < -0.3 is 19.3 Å². The molecule has 4 fully saturated rings. The van der Waals surface area contributed by atoms with Crippen LogP contribution in [0.5, 0.6) is 0 Å². The van der Waals surface area contributed by atoms with Gasteiger partial charge in [-0.25, -0.2) is 0 Å². The SMILES string of the molecule is CC1(C)C[C@@H]1C(=O)N1CC2(CN(C(=O)c3cncs3)C[C@H]2COCc2cc(C3CCOCC3)ccn2)C1. The first kappa shape index (κ1) is 24.9. The Morgan fingerprint density at radius 3 is 2.65 bits per heavy atom. The van der Waals surface area contributed by atoms with E-state index in [1.165, 1.54) is 16.9 Å². The lowest BCUT2D eigenvalue weighted by atomic mass is 9.71. The van der Waals surface area contributed by atoms with Crippen LogP contribution in [0, 0.1) is 22.7 Å². The Morgan fingerprint density at radius 2 is 1.95 bits per heavy atom. The number of aromatic nitrogens is 2. The molecule has 3 aliphatic heterocycles. The first-order valence-electron chi connectivity index (χ1n) is 13.4. The van der Waals surface area contributed by atoms with Crippen LogP contribution in [0.15, 0.2) is 30.0 Å². The normalized spacial score (nSPS) is 26.3. The maximum Gasteiger partial charge on any atom is 0.265 e. The number of thiazole rings is 1. The molecule has 0 unspecified atom stereocenters. The second-order valence-corrected chi connectivity index (χ2v) is 12.9. The molecular formula is C28H36N4O4S. The number of nitrogens with zero attached hydrogens (tertiary/aromatic N) is 4. The molecule has 6 rings (SSSR count). The molecule has 2 amide bonds. The molecule has 1 saturated carbocycles. The summed E-state index contributed by atoms with van der Waals surface area (Å²) in [5, 5.41) is 0. The lowest BCUT2D eigenvalue weighted by Crippen LogP contribution is -2.63. The quantitative estimate of drug-likeness (QED) is 0.550. The second kappa shape index (κ2) is 9.75. The maximum absolute atomic E-state index is 13.1. The van der Waals surface area contributed by atoms with E-state index in [2.05, 4.69) is 35.9 Å². The molecular weight excluding hydrogens is 488 g/mol. The summed E-state index contributed by atoms with van der Waals surface area (Å²) in [6, 6.07) is 4.27. The Labute approximate surface area is 222 Å². The summed E-state index contributed by atoms with van der Waals surface area (Å²) in [5.74, 6) is 1.15. The number of ether oxygens (including phenoxy) is 2. The number of carbonyl (C=O) groups is 2. The van der Waals surface area contributed by atoms with Gasteiger partial charge in [0, 0.05) is 62.8 Å². The molecule has 0 N–H and O–H groups in total. The number of amides is 2. The van der Waals surface area contributed by atoms with E-state index in [0.29, 0.717) is 50.2 Å². The smallest absolute Gasteiger partial charge is 0.265 e. The van der Waals surface area contributed by atoms with E-state index in [9.17, 15) is 9.59 Å². The number of hydrogen-bond acceptors (Lipinski definition) is 7. The first-order valence-corrected chi connectivity index (χ1v) is 14.3. The minimum Gasteiger partial charge on any atom is -0.381 e. The number of carbonyl (C=O) groups excluding carboxylic acids is 2. The number of likely N-dealkylation sites (tertiary alicyclic amines) is 2. The molecule has 1 spiro atoms. The summed E-state index contributed by atoms with van der Waals surface area (Å²) in [6.45, 7) is 9.67. The Balaban J connectivity index is 1.10. The highest BCUT2D eigenvalue weighted by molar-refractivity contribution is 7.11. The lowest BCUT2D eigenvalue weighted by molar-refractivity contribution is -0.148. The van der Waals surface area contributed by atoms with Gasteiger partial charge in [-0.3, -0.25) is 19.6 Å². The van der Waals surface area contributed by atoms with Crippen molar-refractivity contribution in [1.82, 2.24) is 19.8 Å². The van der Waals surface area contributed by atoms with Crippen molar-refractivity contribution >= 4 is 23.2 Å². The van der Waals surface area contributed by atoms with Gasteiger partial charge in [-0.05, 0) is 48.3 Å². The molecule has 1 aliphatic carbocycles. The van der Waals surface area contributed by atoms with Crippen LogP contribution >= 0.6 is 11.3 Å². The molecule has 9 heteroatoms. The van der Waals surface area contributed by atoms with Crippen molar-refractivity contribution in [1.29, 1.82) is 0 Å². The minimum absolute atomic E-state index is 0.0308. The van der Waals surface area contributed by atoms with Crippen molar-refractivity contribution < 1.29 is 19.1 Å². The van der Waals surface area contributed by atoms with Crippen LogP contribution < -0.4 is 0 Å². The van der Waals surface area contributed by atoms with Crippen LogP contribution in [0.2, 0.25) is 0 Å². The van der Waals surface area contributed by atoms with Crippen LogP contribution in [0.3, 0.4) is 0 Å². The van der Waals surface area contributed by atoms with E-state index >= 15 is 0 Å². The number of pyridine rings is 1. The topological polar surface area (TPSA) is 84.9 Å². The highest BCUT2D eigenvalue weighted by atomic mass is 32.1. The molecule has 3 saturated heterocycles. The predicted octanol–water partition coefficient (Wildman–Crippen LogP) is 3.60. The summed E-state index contributed by atoms with van der Waals surface area (Å²) in [4.78, 5) is 39.4. The lowest BCUT2D eigenvalue weighted by Gasteiger charge is -2.51. The van der Waals surface area contributed by atoms with Crippen LogP contribution in [0.25, 0.3) is 0 Å². The zero-order valence-electron chi connectivity index (χ0n) is 21.7. The molecule has 37 heavy (non-hydrogen) atoms. The highest BCUT2D eigenvalue weighted by Gasteiger charge is 2.60. The van der Waals surface area contributed by atoms with Gasteiger partial charge >= 0.3 is 0 Å². The molecule has 8 nitrogen and oxygen atoms in total. The largest absolute Gasteiger partial charge is 0.381 e. The Hall–Kier alpha value is -2.36. The standard InChI is InChI=1S/C28H36N4O4S/c1-27(2)10-23(27)25(33)32-16-28(17-32)15-31(26(34)24-11-29-18-37-24)12-21(28)13-36-14-22-9-20(3-6-30-22)19-4-7-35-8-5-19/h3,6,9,11,18-19,21,23H,4-5,7-8,10,12-17H2,1-2H3/t21-,23+/m0/s1. The van der Waals surface area contributed by atoms with Gasteiger partial charge in [0.05, 0.1) is 30.6 Å². The van der Waals surface area contributed by atoms with Gasteiger partial charge in [0.2, 0.25) is 5.91 Å². The fourth-order valence-electron chi connectivity index (χ4n) is 6.40. The molecule has 0 bridgehead atoms. The van der Waals surface area contributed by atoms with Gasteiger partial charge in [-0.2, -0.15) is 0 Å². The van der Waals surface area contributed by atoms with Gasteiger partial charge in [-0.1, -0.05) is 13.8 Å². The minimum atomic E-state index is -0.105. The summed E-state index contributed by atoms with van der Waals surface area (Å²) in [7, 11) is 0. The van der Waals surface area contributed by atoms with E-state index in [1.807, 2.05) is 16.0 Å². The van der Waals surface area contributed by atoms with Gasteiger partial charge in [0.1, 0.15) is 4.88 Å². The third-order valence-corrected chi connectivity index (χ3v) is 9.74. The Kier molecular flexibility index (Phi) is 6.57. The summed E-state index contributed by atoms with van der Waals surface area (Å²) < 4.78 is 11.8. The van der Waals surface area contributed by atoms with Crippen LogP contribution in [0.1, 0.15) is 60.0 Å². The van der Waals surface area contributed by atoms with Crippen molar-refractivity contribution in [3.63, 3.8) is 0 Å². The maximum atomic E-state index is 13.1. The molecule has 4 aliphatic rings. The monoisotopic (exact) mass is 524 g/mol. The van der Waals surface area contributed by atoms with Crippen LogP contribution in [-0.2, 0) is 20.9 Å². The van der Waals surface area contributed by atoms with Crippen LogP contribution in [-0.4, -0.2) is 77.6 Å². The Bertz CT molecular complexity index is 1140. The van der Waals surface area contributed by atoms with E-state index < -0.39 is 0 Å². The molecule has 0 aromatic carbocycles. The molecule has 198 valence electrons. The fraction of sp³-hybridized carbons (Fsp3) is 0.643. The number of hydrogen-bond donors (Lipinski definition) is 0. The zero-order chi connectivity index (χ0) is 25.6. The third kappa shape index (κ3) is 4.93. The Morgan fingerprint density at radius 1 is 1.19 bits per heavy atom. The average Bonchev–Trinajstić information content (AvgIpc) is 3.26. The van der Waals surface area contributed by atoms with Crippen molar-refractivity contribution in [2.24, 2.45) is 22.7 Å².